The van der Waals surface area contributed by atoms with Gasteiger partial charge in [-0.15, -0.1) is 0 Å². The number of nitrogens with zero attached hydrogens (tertiary/aromatic N) is 2. The van der Waals surface area contributed by atoms with Crippen molar-refractivity contribution in [3.63, 3.8) is 0 Å². The van der Waals surface area contributed by atoms with Gasteiger partial charge >= 0.3 is 0 Å². The summed E-state index contributed by atoms with van der Waals surface area (Å²) in [6, 6.07) is 18.0. The summed E-state index contributed by atoms with van der Waals surface area (Å²) in [5, 5.41) is 10.3. The summed E-state index contributed by atoms with van der Waals surface area (Å²) in [5.74, 6) is 0.451. The molecule has 3 aromatic rings. The van der Waals surface area contributed by atoms with Gasteiger partial charge in [0.1, 0.15) is 11.9 Å². The topological polar surface area (TPSA) is 108 Å². The van der Waals surface area contributed by atoms with Crippen LogP contribution in [-0.2, 0) is 16.6 Å². The second kappa shape index (κ2) is 13.1. The first-order valence-electron chi connectivity index (χ1n) is 13.3. The summed E-state index contributed by atoms with van der Waals surface area (Å²) in [6.07, 6.45) is -0.403. The van der Waals surface area contributed by atoms with E-state index in [-0.39, 0.29) is 40.3 Å². The molecular weight excluding hydrogens is 566 g/mol. The van der Waals surface area contributed by atoms with Crippen LogP contribution in [0.3, 0.4) is 0 Å². The zero-order chi connectivity index (χ0) is 29.7. The van der Waals surface area contributed by atoms with Crippen molar-refractivity contribution in [2.75, 3.05) is 38.6 Å². The van der Waals surface area contributed by atoms with E-state index in [1.165, 1.54) is 24.3 Å². The third kappa shape index (κ3) is 7.32. The number of ether oxygens (including phenoxy) is 2. The van der Waals surface area contributed by atoms with E-state index in [0.717, 1.165) is 11.3 Å². The van der Waals surface area contributed by atoms with Crippen molar-refractivity contribution in [1.29, 1.82) is 0 Å². The van der Waals surface area contributed by atoms with Crippen LogP contribution in [0.2, 0.25) is 5.02 Å². The van der Waals surface area contributed by atoms with Crippen molar-refractivity contribution in [2.45, 2.75) is 37.4 Å². The molecule has 2 N–H and O–H groups in total. The minimum absolute atomic E-state index is 0.0244. The number of amides is 1. The lowest BCUT2D eigenvalue weighted by Crippen LogP contribution is -2.49. The maximum atomic E-state index is 13.7. The Labute approximate surface area is 246 Å². The van der Waals surface area contributed by atoms with E-state index >= 15 is 0 Å². The Morgan fingerprint density at radius 3 is 2.46 bits per heavy atom. The number of halogens is 1. The molecule has 0 aromatic heterocycles. The van der Waals surface area contributed by atoms with Crippen LogP contribution in [0.25, 0.3) is 0 Å². The van der Waals surface area contributed by atoms with E-state index in [2.05, 4.69) is 9.62 Å². The van der Waals surface area contributed by atoms with Crippen LogP contribution in [0.1, 0.15) is 29.8 Å². The van der Waals surface area contributed by atoms with E-state index in [9.17, 15) is 18.3 Å². The van der Waals surface area contributed by atoms with Crippen LogP contribution >= 0.6 is 11.6 Å². The molecule has 1 aliphatic heterocycles. The second-order valence-electron chi connectivity index (χ2n) is 10.4. The predicted octanol–water partition coefficient (Wildman–Crippen LogP) is 4.50. The number of likely N-dealkylation sites (N-methyl/N-ethyl adjacent to an activating group) is 1. The number of hydrogen-bond acceptors (Lipinski definition) is 7. The average molecular weight is 602 g/mol. The van der Waals surface area contributed by atoms with Crippen LogP contribution in [0.4, 0.5) is 5.69 Å². The van der Waals surface area contributed by atoms with Gasteiger partial charge in [-0.25, -0.2) is 8.42 Å². The molecule has 0 bridgehead atoms. The number of hydrogen-bond donors (Lipinski definition) is 2. The lowest BCUT2D eigenvalue weighted by molar-refractivity contribution is 0.0344. The van der Waals surface area contributed by atoms with Gasteiger partial charge < -0.3 is 19.5 Å². The Morgan fingerprint density at radius 1 is 1.15 bits per heavy atom. The highest BCUT2D eigenvalue weighted by Gasteiger charge is 2.35. The number of sulfonamides is 1. The standard InChI is InChI=1S/C30H36ClN3O6S/c1-20-16-34(21(2)19-35)30(36)26-6-5-7-27(32-41(37,38)25-14-10-23(31)11-15-25)29(26)40-28(20)18-33(3)17-22-8-12-24(39-4)13-9-22/h5-15,20-21,28,32,35H,16-19H2,1-4H3/t20-,21-,28+/m0/s1. The Balaban J connectivity index is 1.68. The number of fused-ring (bicyclic) bond motifs is 1. The maximum Gasteiger partial charge on any atom is 0.262 e. The van der Waals surface area contributed by atoms with Gasteiger partial charge in [-0.1, -0.05) is 36.7 Å². The fourth-order valence-electron chi connectivity index (χ4n) is 4.77. The molecule has 0 spiro atoms. The first-order chi connectivity index (χ1) is 19.5. The Bertz CT molecular complexity index is 1450. The summed E-state index contributed by atoms with van der Waals surface area (Å²) in [5.41, 5.74) is 1.46. The third-order valence-electron chi connectivity index (χ3n) is 7.16. The number of aliphatic hydroxyl groups is 1. The van der Waals surface area contributed by atoms with E-state index < -0.39 is 22.2 Å². The molecule has 1 aliphatic rings. The van der Waals surface area contributed by atoms with E-state index in [1.54, 1.807) is 37.1 Å². The normalized spacial score (nSPS) is 18.2. The fourth-order valence-corrected chi connectivity index (χ4v) is 5.96. The molecule has 41 heavy (non-hydrogen) atoms. The fraction of sp³-hybridized carbons (Fsp3) is 0.367. The average Bonchev–Trinajstić information content (AvgIpc) is 2.95. The van der Waals surface area contributed by atoms with Crippen molar-refractivity contribution >= 4 is 33.2 Å². The molecule has 0 saturated carbocycles. The van der Waals surface area contributed by atoms with E-state index in [0.29, 0.717) is 24.7 Å². The lowest BCUT2D eigenvalue weighted by atomic mass is 9.99. The number of methoxy groups -OCH3 is 1. The molecular formula is C30H36ClN3O6S. The van der Waals surface area contributed by atoms with Crippen LogP contribution < -0.4 is 14.2 Å². The van der Waals surface area contributed by atoms with Crippen molar-refractivity contribution in [3.05, 3.63) is 82.9 Å². The van der Waals surface area contributed by atoms with Crippen LogP contribution in [0, 0.1) is 5.92 Å². The molecule has 9 nitrogen and oxygen atoms in total. The molecule has 0 fully saturated rings. The summed E-state index contributed by atoms with van der Waals surface area (Å²) < 4.78 is 40.9. The molecule has 220 valence electrons. The maximum absolute atomic E-state index is 13.7. The molecule has 1 amide bonds. The van der Waals surface area contributed by atoms with Gasteiger partial charge in [0, 0.05) is 30.6 Å². The number of rotatable bonds is 10. The van der Waals surface area contributed by atoms with Gasteiger partial charge in [0.25, 0.3) is 15.9 Å². The van der Waals surface area contributed by atoms with Crippen LogP contribution in [0.5, 0.6) is 11.5 Å². The van der Waals surface area contributed by atoms with Gasteiger partial charge in [0.15, 0.2) is 5.75 Å². The zero-order valence-corrected chi connectivity index (χ0v) is 25.2. The Morgan fingerprint density at radius 2 is 1.83 bits per heavy atom. The summed E-state index contributed by atoms with van der Waals surface area (Å²) in [7, 11) is -0.404. The number of aliphatic hydroxyl groups excluding tert-OH is 1. The van der Waals surface area contributed by atoms with Crippen molar-refractivity contribution in [1.82, 2.24) is 9.80 Å². The highest BCUT2D eigenvalue weighted by Crippen LogP contribution is 2.36. The summed E-state index contributed by atoms with van der Waals surface area (Å²) >= 11 is 5.95. The minimum Gasteiger partial charge on any atom is -0.497 e. The predicted molar refractivity (Wildman–Crippen MR) is 159 cm³/mol. The van der Waals surface area contributed by atoms with Gasteiger partial charge in [0.2, 0.25) is 0 Å². The third-order valence-corrected chi connectivity index (χ3v) is 8.80. The van der Waals surface area contributed by atoms with Gasteiger partial charge in [0.05, 0.1) is 35.9 Å². The Kier molecular flexibility index (Phi) is 9.80. The molecule has 1 heterocycles. The van der Waals surface area contributed by atoms with E-state index in [4.69, 9.17) is 21.1 Å². The van der Waals surface area contributed by atoms with Crippen molar-refractivity contribution in [3.8, 4) is 11.5 Å². The number of anilines is 1. The first-order valence-corrected chi connectivity index (χ1v) is 15.2. The molecule has 11 heteroatoms. The molecule has 0 aliphatic carbocycles. The second-order valence-corrected chi connectivity index (χ2v) is 12.5. The van der Waals surface area contributed by atoms with Crippen LogP contribution in [0.15, 0.2) is 71.6 Å². The van der Waals surface area contributed by atoms with Gasteiger partial charge in [-0.2, -0.15) is 0 Å². The van der Waals surface area contributed by atoms with Crippen molar-refractivity contribution < 1.29 is 27.8 Å². The highest BCUT2D eigenvalue weighted by atomic mass is 35.5. The summed E-state index contributed by atoms with van der Waals surface area (Å²) in [4.78, 5) is 17.5. The molecule has 3 atom stereocenters. The largest absolute Gasteiger partial charge is 0.497 e. The molecule has 0 radical (unpaired) electrons. The number of carbonyl (C=O) groups is 1. The zero-order valence-electron chi connectivity index (χ0n) is 23.6. The SMILES string of the molecule is COc1ccc(CN(C)C[C@H]2Oc3c(NS(=O)(=O)c4ccc(Cl)cc4)cccc3C(=O)N([C@@H](C)CO)C[C@@H]2C)cc1. The lowest BCUT2D eigenvalue weighted by Gasteiger charge is -2.38. The van der Waals surface area contributed by atoms with Crippen LogP contribution in [-0.4, -0.2) is 75.2 Å². The number of carbonyl (C=O) groups excluding carboxylic acids is 1. The monoisotopic (exact) mass is 601 g/mol. The number of para-hydroxylation sites is 1. The summed E-state index contributed by atoms with van der Waals surface area (Å²) in [6.45, 7) is 5.07. The molecule has 4 rings (SSSR count). The number of nitrogens with one attached hydrogen (secondary N) is 1. The smallest absolute Gasteiger partial charge is 0.262 e. The van der Waals surface area contributed by atoms with Gasteiger partial charge in [-0.05, 0) is 68.1 Å². The number of benzene rings is 3. The Hall–Kier alpha value is -3.31. The molecule has 0 unspecified atom stereocenters. The minimum atomic E-state index is -4.01. The highest BCUT2D eigenvalue weighted by molar-refractivity contribution is 7.92. The first kappa shape index (κ1) is 30.6. The van der Waals surface area contributed by atoms with Crippen molar-refractivity contribution in [2.24, 2.45) is 5.92 Å². The molecule has 0 saturated heterocycles. The van der Waals surface area contributed by atoms with Gasteiger partial charge in [-0.3, -0.25) is 14.4 Å². The molecule has 3 aromatic carbocycles. The van der Waals surface area contributed by atoms with E-state index in [1.807, 2.05) is 38.2 Å². The quantitative estimate of drug-likeness (QED) is 0.352.